The zero-order valence-electron chi connectivity index (χ0n) is 9.88. The maximum Gasteiger partial charge on any atom is 0.124 e. The fourth-order valence-corrected chi connectivity index (χ4v) is 2.63. The molecule has 94 valence electrons. The second kappa shape index (κ2) is 5.29. The lowest BCUT2D eigenvalue weighted by atomic mass is 10.1. The van der Waals surface area contributed by atoms with Gasteiger partial charge in [0.15, 0.2) is 0 Å². The summed E-state index contributed by atoms with van der Waals surface area (Å²) in [7, 11) is 0. The second-order valence-electron chi connectivity index (χ2n) is 3.88. The number of hydrogen-bond donors (Lipinski definition) is 0. The molecule has 0 saturated heterocycles. The summed E-state index contributed by atoms with van der Waals surface area (Å²) in [6, 6.07) is 4.64. The molecule has 0 atom stereocenters. The normalized spacial score (nSPS) is 15.6. The lowest BCUT2D eigenvalue weighted by molar-refractivity contribution is 0.527. The Balaban J connectivity index is 2.52. The van der Waals surface area contributed by atoms with Gasteiger partial charge in [-0.15, -0.1) is 0 Å². The Kier molecular flexibility index (Phi) is 3.93. The van der Waals surface area contributed by atoms with Crippen LogP contribution in [-0.2, 0) is 0 Å². The van der Waals surface area contributed by atoms with Crippen molar-refractivity contribution >= 4 is 33.2 Å². The first-order valence-electron chi connectivity index (χ1n) is 5.54. The number of likely N-dealkylation sites (N-methyl/N-ethyl adjacent to an activating group) is 1. The Bertz CT molecular complexity index is 563. The van der Waals surface area contributed by atoms with Crippen LogP contribution >= 0.6 is 27.5 Å². The van der Waals surface area contributed by atoms with Crippen LogP contribution in [0.2, 0.25) is 0 Å². The lowest BCUT2D eigenvalue weighted by Gasteiger charge is -2.31. The van der Waals surface area contributed by atoms with E-state index in [2.05, 4.69) is 22.5 Å². The van der Waals surface area contributed by atoms with E-state index in [1.165, 1.54) is 12.1 Å². The van der Waals surface area contributed by atoms with Gasteiger partial charge in [-0.25, -0.2) is 4.39 Å². The summed E-state index contributed by atoms with van der Waals surface area (Å²) in [6.45, 7) is 6.73. The van der Waals surface area contributed by atoms with E-state index in [1.54, 1.807) is 12.1 Å². The molecular formula is C14H12BrClFN. The van der Waals surface area contributed by atoms with E-state index in [4.69, 9.17) is 11.6 Å². The molecule has 0 spiro atoms. The molecule has 1 aliphatic rings. The van der Waals surface area contributed by atoms with Gasteiger partial charge >= 0.3 is 0 Å². The minimum atomic E-state index is -0.266. The van der Waals surface area contributed by atoms with Gasteiger partial charge in [0.25, 0.3) is 0 Å². The zero-order chi connectivity index (χ0) is 13.3. The molecule has 0 aliphatic carbocycles. The minimum absolute atomic E-state index is 0.266. The van der Waals surface area contributed by atoms with Crippen LogP contribution in [0.1, 0.15) is 12.5 Å². The molecule has 4 heteroatoms. The van der Waals surface area contributed by atoms with Crippen LogP contribution in [0, 0.1) is 5.82 Å². The van der Waals surface area contributed by atoms with Crippen LogP contribution in [0.15, 0.2) is 52.1 Å². The standard InChI is InChI=1S/C14H12BrClFN/c1-3-18-9(2)13(16)6-7-14(18)11-5-4-10(17)8-12(11)15/h4-8H,2-3H2,1H3. The summed E-state index contributed by atoms with van der Waals surface area (Å²) in [6.07, 6.45) is 3.72. The predicted molar refractivity (Wildman–Crippen MR) is 77.5 cm³/mol. The van der Waals surface area contributed by atoms with Gasteiger partial charge in [-0.1, -0.05) is 18.2 Å². The Morgan fingerprint density at radius 2 is 2.11 bits per heavy atom. The highest BCUT2D eigenvalue weighted by Crippen LogP contribution is 2.35. The molecule has 0 unspecified atom stereocenters. The van der Waals surface area contributed by atoms with Crippen molar-refractivity contribution in [1.29, 1.82) is 0 Å². The molecule has 18 heavy (non-hydrogen) atoms. The molecule has 1 aromatic rings. The minimum Gasteiger partial charge on any atom is -0.341 e. The summed E-state index contributed by atoms with van der Waals surface area (Å²) in [4.78, 5) is 2.00. The first kappa shape index (κ1) is 13.4. The first-order chi connectivity index (χ1) is 8.54. The molecule has 1 heterocycles. The van der Waals surface area contributed by atoms with Gasteiger partial charge < -0.3 is 4.90 Å². The number of halogens is 3. The van der Waals surface area contributed by atoms with Crippen molar-refractivity contribution in [2.75, 3.05) is 6.54 Å². The van der Waals surface area contributed by atoms with Crippen molar-refractivity contribution in [2.45, 2.75) is 6.92 Å². The predicted octanol–water partition coefficient (Wildman–Crippen LogP) is 4.90. The smallest absolute Gasteiger partial charge is 0.124 e. The van der Waals surface area contributed by atoms with Crippen molar-refractivity contribution in [3.05, 3.63) is 63.5 Å². The number of nitrogens with zero attached hydrogens (tertiary/aromatic N) is 1. The highest BCUT2D eigenvalue weighted by Gasteiger charge is 2.20. The fourth-order valence-electron chi connectivity index (χ4n) is 1.91. The van der Waals surface area contributed by atoms with Crippen LogP contribution in [0.4, 0.5) is 4.39 Å². The van der Waals surface area contributed by atoms with E-state index in [9.17, 15) is 4.39 Å². The van der Waals surface area contributed by atoms with Gasteiger partial charge in [-0.2, -0.15) is 0 Å². The molecule has 0 fully saturated rings. The SMILES string of the molecule is C=C1C(Cl)=CC=C(c2ccc(F)cc2Br)N1CC. The average Bonchev–Trinajstić information content (AvgIpc) is 2.33. The van der Waals surface area contributed by atoms with Crippen molar-refractivity contribution in [3.63, 3.8) is 0 Å². The van der Waals surface area contributed by atoms with Gasteiger partial charge in [-0.3, -0.25) is 0 Å². The fraction of sp³-hybridized carbons (Fsp3) is 0.143. The molecule has 1 nitrogen and oxygen atoms in total. The highest BCUT2D eigenvalue weighted by molar-refractivity contribution is 9.10. The Labute approximate surface area is 119 Å². The molecule has 0 amide bonds. The van der Waals surface area contributed by atoms with E-state index in [1.807, 2.05) is 17.9 Å². The highest BCUT2D eigenvalue weighted by atomic mass is 79.9. The van der Waals surface area contributed by atoms with Crippen LogP contribution in [0.5, 0.6) is 0 Å². The Morgan fingerprint density at radius 3 is 2.72 bits per heavy atom. The molecule has 1 aliphatic heterocycles. The number of rotatable bonds is 2. The Morgan fingerprint density at radius 1 is 1.39 bits per heavy atom. The Hall–Kier alpha value is -1.06. The van der Waals surface area contributed by atoms with Gasteiger partial charge in [-0.05, 0) is 53.2 Å². The van der Waals surface area contributed by atoms with Crippen molar-refractivity contribution in [3.8, 4) is 0 Å². The van der Waals surface area contributed by atoms with Crippen molar-refractivity contribution in [2.24, 2.45) is 0 Å². The average molecular weight is 329 g/mol. The van der Waals surface area contributed by atoms with Crippen LogP contribution in [0.3, 0.4) is 0 Å². The number of hydrogen-bond acceptors (Lipinski definition) is 1. The third-order valence-corrected chi connectivity index (χ3v) is 3.80. The van der Waals surface area contributed by atoms with Gasteiger partial charge in [0.2, 0.25) is 0 Å². The summed E-state index contributed by atoms with van der Waals surface area (Å²) in [5.41, 5.74) is 2.63. The van der Waals surface area contributed by atoms with Crippen molar-refractivity contribution in [1.82, 2.24) is 4.90 Å². The quantitative estimate of drug-likeness (QED) is 0.746. The zero-order valence-corrected chi connectivity index (χ0v) is 12.2. The van der Waals surface area contributed by atoms with Crippen molar-refractivity contribution < 1.29 is 4.39 Å². The monoisotopic (exact) mass is 327 g/mol. The van der Waals surface area contributed by atoms with E-state index in [0.29, 0.717) is 9.51 Å². The summed E-state index contributed by atoms with van der Waals surface area (Å²) in [5, 5.41) is 0.624. The number of benzene rings is 1. The van der Waals surface area contributed by atoms with Gasteiger partial charge in [0.1, 0.15) is 5.82 Å². The first-order valence-corrected chi connectivity index (χ1v) is 6.71. The van der Waals surface area contributed by atoms with Crippen LogP contribution in [-0.4, -0.2) is 11.4 Å². The molecule has 1 aromatic carbocycles. The topological polar surface area (TPSA) is 3.24 Å². The molecule has 0 saturated carbocycles. The maximum atomic E-state index is 13.1. The molecule has 0 aromatic heterocycles. The van der Waals surface area contributed by atoms with E-state index < -0.39 is 0 Å². The molecule has 0 radical (unpaired) electrons. The van der Waals surface area contributed by atoms with Gasteiger partial charge in [0.05, 0.1) is 10.7 Å². The van der Waals surface area contributed by atoms with E-state index in [-0.39, 0.29) is 5.82 Å². The molecule has 0 N–H and O–H groups in total. The van der Waals surface area contributed by atoms with Crippen LogP contribution < -0.4 is 0 Å². The third kappa shape index (κ3) is 2.38. The second-order valence-corrected chi connectivity index (χ2v) is 5.14. The molecular weight excluding hydrogens is 317 g/mol. The largest absolute Gasteiger partial charge is 0.341 e. The van der Waals surface area contributed by atoms with Crippen LogP contribution in [0.25, 0.3) is 5.70 Å². The summed E-state index contributed by atoms with van der Waals surface area (Å²) < 4.78 is 13.8. The van der Waals surface area contributed by atoms with E-state index in [0.717, 1.165) is 23.5 Å². The van der Waals surface area contributed by atoms with Gasteiger partial charge in [0, 0.05) is 22.3 Å². The number of allylic oxidation sites excluding steroid dienone is 3. The third-order valence-electron chi connectivity index (χ3n) is 2.80. The molecule has 2 rings (SSSR count). The summed E-state index contributed by atoms with van der Waals surface area (Å²) >= 11 is 9.45. The summed E-state index contributed by atoms with van der Waals surface area (Å²) in [5.74, 6) is -0.266. The van der Waals surface area contributed by atoms with E-state index >= 15 is 0 Å². The lowest BCUT2D eigenvalue weighted by Crippen LogP contribution is -2.23. The maximum absolute atomic E-state index is 13.1. The molecule has 0 bridgehead atoms.